The standard InChI is InChI=1S/C15H15F3N2O2/c1-8-6-20(14(21)15(16,17)18)4-3-12-10(8)5-11-9(2)7-22-13(11)19-12/h5,7-8H,3-4,6H2,1-2H3. The fourth-order valence-electron chi connectivity index (χ4n) is 2.88. The number of halogens is 3. The molecule has 0 saturated heterocycles. The second kappa shape index (κ2) is 5.00. The Morgan fingerprint density at radius 1 is 1.45 bits per heavy atom. The van der Waals surface area contributed by atoms with E-state index in [-0.39, 0.29) is 25.4 Å². The molecule has 7 heteroatoms. The molecular weight excluding hydrogens is 297 g/mol. The lowest BCUT2D eigenvalue weighted by Crippen LogP contribution is -2.42. The number of furan rings is 1. The molecule has 118 valence electrons. The molecule has 22 heavy (non-hydrogen) atoms. The van der Waals surface area contributed by atoms with Gasteiger partial charge in [-0.2, -0.15) is 13.2 Å². The van der Waals surface area contributed by atoms with E-state index in [0.29, 0.717) is 11.4 Å². The van der Waals surface area contributed by atoms with Gasteiger partial charge < -0.3 is 9.32 Å². The summed E-state index contributed by atoms with van der Waals surface area (Å²) in [4.78, 5) is 16.7. The molecule has 1 unspecified atom stereocenters. The number of carbonyl (C=O) groups is 1. The van der Waals surface area contributed by atoms with Crippen molar-refractivity contribution >= 4 is 17.0 Å². The average molecular weight is 312 g/mol. The maximum atomic E-state index is 12.6. The SMILES string of the molecule is Cc1coc2nc3c(cc12)C(C)CN(C(=O)C(F)(F)F)CC3. The lowest BCUT2D eigenvalue weighted by molar-refractivity contribution is -0.185. The van der Waals surface area contributed by atoms with E-state index in [1.54, 1.807) is 6.26 Å². The minimum atomic E-state index is -4.84. The summed E-state index contributed by atoms with van der Waals surface area (Å²) in [5.41, 5.74) is 3.00. The van der Waals surface area contributed by atoms with Crippen molar-refractivity contribution < 1.29 is 22.4 Å². The Labute approximate surface area is 124 Å². The lowest BCUT2D eigenvalue weighted by Gasteiger charge is -2.23. The molecule has 3 rings (SSSR count). The number of aryl methyl sites for hydroxylation is 1. The predicted molar refractivity (Wildman–Crippen MR) is 73.5 cm³/mol. The van der Waals surface area contributed by atoms with E-state index >= 15 is 0 Å². The fraction of sp³-hybridized carbons (Fsp3) is 0.467. The van der Waals surface area contributed by atoms with Crippen LogP contribution in [0.1, 0.15) is 29.7 Å². The van der Waals surface area contributed by atoms with Gasteiger partial charge in [-0.1, -0.05) is 6.92 Å². The second-order valence-corrected chi connectivity index (χ2v) is 5.70. The molecule has 2 aromatic rings. The monoisotopic (exact) mass is 312 g/mol. The maximum absolute atomic E-state index is 12.6. The van der Waals surface area contributed by atoms with Gasteiger partial charge in [0.1, 0.15) is 0 Å². The van der Waals surface area contributed by atoms with E-state index in [4.69, 9.17) is 4.42 Å². The van der Waals surface area contributed by atoms with Crippen LogP contribution >= 0.6 is 0 Å². The smallest absolute Gasteiger partial charge is 0.446 e. The van der Waals surface area contributed by atoms with Gasteiger partial charge in [-0.15, -0.1) is 0 Å². The van der Waals surface area contributed by atoms with Crippen molar-refractivity contribution in [2.75, 3.05) is 13.1 Å². The number of fused-ring (bicyclic) bond motifs is 2. The zero-order valence-electron chi connectivity index (χ0n) is 12.2. The first-order valence-corrected chi connectivity index (χ1v) is 7.01. The van der Waals surface area contributed by atoms with Crippen LogP contribution in [-0.2, 0) is 11.2 Å². The number of hydrogen-bond donors (Lipinski definition) is 0. The van der Waals surface area contributed by atoms with E-state index in [1.807, 2.05) is 19.9 Å². The summed E-state index contributed by atoms with van der Waals surface area (Å²) >= 11 is 0. The number of amides is 1. The number of hydrogen-bond acceptors (Lipinski definition) is 3. The van der Waals surface area contributed by atoms with E-state index < -0.39 is 12.1 Å². The Morgan fingerprint density at radius 3 is 2.86 bits per heavy atom. The van der Waals surface area contributed by atoms with Gasteiger partial charge in [0.2, 0.25) is 5.71 Å². The van der Waals surface area contributed by atoms with Crippen LogP contribution in [0, 0.1) is 6.92 Å². The number of pyridine rings is 1. The van der Waals surface area contributed by atoms with Gasteiger partial charge in [0, 0.05) is 36.5 Å². The first kappa shape index (κ1) is 14.9. The Hall–Kier alpha value is -2.05. The Morgan fingerprint density at radius 2 is 2.18 bits per heavy atom. The zero-order chi connectivity index (χ0) is 16.1. The van der Waals surface area contributed by atoms with Crippen molar-refractivity contribution in [2.45, 2.75) is 32.4 Å². The van der Waals surface area contributed by atoms with Gasteiger partial charge in [-0.3, -0.25) is 4.79 Å². The van der Waals surface area contributed by atoms with Crippen molar-refractivity contribution in [2.24, 2.45) is 0 Å². The molecule has 1 aliphatic heterocycles. The normalized spacial score (nSPS) is 19.1. The largest absolute Gasteiger partial charge is 0.471 e. The van der Waals surface area contributed by atoms with E-state index in [9.17, 15) is 18.0 Å². The lowest BCUT2D eigenvalue weighted by atomic mass is 9.98. The van der Waals surface area contributed by atoms with Crippen LogP contribution in [0.2, 0.25) is 0 Å². The Bertz CT molecular complexity index is 736. The molecule has 2 aromatic heterocycles. The highest BCUT2D eigenvalue weighted by Gasteiger charge is 2.43. The first-order valence-electron chi connectivity index (χ1n) is 7.01. The van der Waals surface area contributed by atoms with Crippen molar-refractivity contribution in [1.82, 2.24) is 9.88 Å². The summed E-state index contributed by atoms with van der Waals surface area (Å²) in [6.07, 6.45) is -2.94. The Kier molecular flexibility index (Phi) is 3.38. The molecule has 1 aliphatic rings. The molecule has 1 amide bonds. The molecule has 3 heterocycles. The number of carbonyl (C=O) groups excluding carboxylic acids is 1. The third kappa shape index (κ3) is 2.44. The second-order valence-electron chi connectivity index (χ2n) is 5.70. The molecule has 0 N–H and O–H groups in total. The summed E-state index contributed by atoms with van der Waals surface area (Å²) in [5, 5.41) is 0.862. The molecule has 4 nitrogen and oxygen atoms in total. The van der Waals surface area contributed by atoms with E-state index in [1.165, 1.54) is 0 Å². The first-order chi connectivity index (χ1) is 10.3. The van der Waals surface area contributed by atoms with Gasteiger partial charge >= 0.3 is 12.1 Å². The number of alkyl halides is 3. The highest BCUT2D eigenvalue weighted by Crippen LogP contribution is 2.31. The summed E-state index contributed by atoms with van der Waals surface area (Å²) in [6, 6.07) is 1.92. The van der Waals surface area contributed by atoms with Crippen molar-refractivity contribution in [3.63, 3.8) is 0 Å². The molecule has 0 fully saturated rings. The van der Waals surface area contributed by atoms with Crippen LogP contribution in [0.25, 0.3) is 11.1 Å². The highest BCUT2D eigenvalue weighted by atomic mass is 19.4. The van der Waals surface area contributed by atoms with Gasteiger partial charge in [0.15, 0.2) is 0 Å². The fourth-order valence-corrected chi connectivity index (χ4v) is 2.88. The van der Waals surface area contributed by atoms with Gasteiger partial charge in [0.25, 0.3) is 0 Å². The topological polar surface area (TPSA) is 46.3 Å². The summed E-state index contributed by atoms with van der Waals surface area (Å²) in [6.45, 7) is 3.74. The summed E-state index contributed by atoms with van der Waals surface area (Å²) in [7, 11) is 0. The third-order valence-corrected chi connectivity index (χ3v) is 4.05. The minimum Gasteiger partial charge on any atom is -0.446 e. The van der Waals surface area contributed by atoms with Crippen LogP contribution in [0.4, 0.5) is 13.2 Å². The van der Waals surface area contributed by atoms with Crippen LogP contribution in [0.15, 0.2) is 16.7 Å². The van der Waals surface area contributed by atoms with Gasteiger partial charge in [-0.05, 0) is 24.1 Å². The minimum absolute atomic E-state index is 0.00782. The number of nitrogens with zero attached hydrogens (tertiary/aromatic N) is 2. The molecule has 1 atom stereocenters. The molecular formula is C15H15F3N2O2. The molecule has 0 aliphatic carbocycles. The van der Waals surface area contributed by atoms with Crippen LogP contribution in [0.5, 0.6) is 0 Å². The molecule has 0 bridgehead atoms. The van der Waals surface area contributed by atoms with Crippen LogP contribution < -0.4 is 0 Å². The van der Waals surface area contributed by atoms with Gasteiger partial charge in [0.05, 0.1) is 6.26 Å². The Balaban J connectivity index is 1.97. The quantitative estimate of drug-likeness (QED) is 0.750. The predicted octanol–water partition coefficient (Wildman–Crippen LogP) is 3.19. The van der Waals surface area contributed by atoms with Crippen LogP contribution in [-0.4, -0.2) is 35.1 Å². The van der Waals surface area contributed by atoms with Crippen LogP contribution in [0.3, 0.4) is 0 Å². The average Bonchev–Trinajstić information content (AvgIpc) is 2.72. The van der Waals surface area contributed by atoms with Crippen molar-refractivity contribution in [3.05, 3.63) is 29.2 Å². The summed E-state index contributed by atoms with van der Waals surface area (Å²) < 4.78 is 43.2. The maximum Gasteiger partial charge on any atom is 0.471 e. The van der Waals surface area contributed by atoms with Crippen molar-refractivity contribution in [1.29, 1.82) is 0 Å². The third-order valence-electron chi connectivity index (χ3n) is 4.05. The van der Waals surface area contributed by atoms with Crippen molar-refractivity contribution in [3.8, 4) is 0 Å². The van der Waals surface area contributed by atoms with E-state index in [2.05, 4.69) is 4.98 Å². The van der Waals surface area contributed by atoms with E-state index in [0.717, 1.165) is 21.4 Å². The summed E-state index contributed by atoms with van der Waals surface area (Å²) in [5.74, 6) is -2.00. The molecule has 0 aromatic carbocycles. The van der Waals surface area contributed by atoms with Gasteiger partial charge in [-0.25, -0.2) is 4.98 Å². The number of aromatic nitrogens is 1. The molecule has 0 spiro atoms. The molecule has 0 radical (unpaired) electrons. The highest BCUT2D eigenvalue weighted by molar-refractivity contribution is 5.82. The molecule has 0 saturated carbocycles. The zero-order valence-corrected chi connectivity index (χ0v) is 12.2. The number of rotatable bonds is 0.